The number of nitrogens with zero attached hydrogens (tertiary/aromatic N) is 2. The lowest BCUT2D eigenvalue weighted by Gasteiger charge is -2.29. The van der Waals surface area contributed by atoms with E-state index < -0.39 is 23.2 Å². The Labute approximate surface area is 424 Å². The molecule has 5 aromatic rings. The van der Waals surface area contributed by atoms with Crippen molar-refractivity contribution in [2.75, 3.05) is 69.5 Å². The minimum atomic E-state index is -4.50. The largest absolute Gasteiger partial charge is 0.460 e. The maximum atomic E-state index is 13.9. The van der Waals surface area contributed by atoms with Crippen LogP contribution in [0.3, 0.4) is 0 Å². The van der Waals surface area contributed by atoms with Gasteiger partial charge in [-0.15, -0.1) is 11.8 Å². The number of benzene rings is 4. The second kappa shape index (κ2) is 28.7. The number of nitrogens with one attached hydrogen (secondary N) is 3. The Morgan fingerprint density at radius 2 is 1.31 bits per heavy atom. The van der Waals surface area contributed by atoms with E-state index in [4.69, 9.17) is 18.9 Å². The predicted molar refractivity (Wildman–Crippen MR) is 275 cm³/mol. The molecular weight excluding hydrogens is 948 g/mol. The summed E-state index contributed by atoms with van der Waals surface area (Å²) in [4.78, 5) is 59.7. The number of halogens is 3. The Morgan fingerprint density at radius 3 is 2.03 bits per heavy atom. The molecule has 1 aromatic heterocycles. The smallest absolute Gasteiger partial charge is 0.416 e. The van der Waals surface area contributed by atoms with Crippen molar-refractivity contribution in [2.24, 2.45) is 0 Å². The van der Waals surface area contributed by atoms with Crippen molar-refractivity contribution in [3.05, 3.63) is 143 Å². The third-order valence-corrected chi connectivity index (χ3v) is 11.9. The van der Waals surface area contributed by atoms with E-state index in [-0.39, 0.29) is 42.9 Å². The second-order valence-electron chi connectivity index (χ2n) is 17.5. The fraction of sp³-hybridized carbons (Fsp3) is 0.400. The highest BCUT2D eigenvalue weighted by molar-refractivity contribution is 7.98. The lowest BCUT2D eigenvalue weighted by molar-refractivity contribution is -0.156. The van der Waals surface area contributed by atoms with Crippen LogP contribution in [0.2, 0.25) is 0 Å². The van der Waals surface area contributed by atoms with Gasteiger partial charge in [-0.2, -0.15) is 13.2 Å². The molecule has 0 bridgehead atoms. The van der Waals surface area contributed by atoms with Crippen LogP contribution in [-0.2, 0) is 42.2 Å². The Balaban J connectivity index is 0.00000475. The SMILES string of the molecule is CC.CC(C)(C)OC(=O)CCOCCOCCOCCNC(=O)c1cccc(SCc2cccc(C(=O)Nc3ccc(N4CCCCC4)cc3-c3cc(C(=O)NCc4cccc(C(F)(F)F)c4)ccn3)c2)c1. The van der Waals surface area contributed by atoms with Crippen LogP contribution in [0, 0.1) is 0 Å². The van der Waals surface area contributed by atoms with E-state index in [2.05, 4.69) is 25.8 Å². The minimum Gasteiger partial charge on any atom is -0.460 e. The maximum absolute atomic E-state index is 13.9. The zero-order chi connectivity index (χ0) is 51.9. The number of carbonyl (C=O) groups is 4. The number of thioether (sulfide) groups is 1. The molecule has 3 amide bonds. The quantitative estimate of drug-likeness (QED) is 0.0325. The predicted octanol–water partition coefficient (Wildman–Crippen LogP) is 10.8. The Bertz CT molecular complexity index is 2550. The molecule has 1 fully saturated rings. The van der Waals surface area contributed by atoms with E-state index in [9.17, 15) is 32.3 Å². The highest BCUT2D eigenvalue weighted by atomic mass is 32.2. The van der Waals surface area contributed by atoms with E-state index in [1.807, 2.05) is 89.2 Å². The summed E-state index contributed by atoms with van der Waals surface area (Å²) in [5.74, 6) is -0.837. The fourth-order valence-electron chi connectivity index (χ4n) is 7.38. The number of ether oxygens (including phenoxy) is 4. The number of carbonyl (C=O) groups excluding carboxylic acids is 4. The average molecular weight is 1010 g/mol. The molecule has 6 rings (SSSR count). The summed E-state index contributed by atoms with van der Waals surface area (Å²) in [7, 11) is 0. The van der Waals surface area contributed by atoms with Gasteiger partial charge in [0.2, 0.25) is 0 Å². The fourth-order valence-corrected chi connectivity index (χ4v) is 8.28. The summed E-state index contributed by atoms with van der Waals surface area (Å²) in [6, 6.07) is 28.3. The van der Waals surface area contributed by atoms with Crippen LogP contribution >= 0.6 is 11.8 Å². The van der Waals surface area contributed by atoms with Crippen molar-refractivity contribution in [3.63, 3.8) is 0 Å². The highest BCUT2D eigenvalue weighted by Crippen LogP contribution is 2.34. The number of aromatic nitrogens is 1. The number of anilines is 2. The third-order valence-electron chi connectivity index (χ3n) is 10.8. The van der Waals surface area contributed by atoms with Crippen molar-refractivity contribution in [1.29, 1.82) is 0 Å². The van der Waals surface area contributed by atoms with Crippen molar-refractivity contribution in [3.8, 4) is 11.3 Å². The van der Waals surface area contributed by atoms with Gasteiger partial charge in [0, 0.05) is 71.0 Å². The summed E-state index contributed by atoms with van der Waals surface area (Å²) in [6.07, 6.45) is 0.427. The first-order chi connectivity index (χ1) is 34.6. The maximum Gasteiger partial charge on any atom is 0.416 e. The topological polar surface area (TPSA) is 157 Å². The van der Waals surface area contributed by atoms with Gasteiger partial charge >= 0.3 is 12.1 Å². The van der Waals surface area contributed by atoms with E-state index >= 15 is 0 Å². The van der Waals surface area contributed by atoms with Crippen LogP contribution in [0.4, 0.5) is 24.5 Å². The number of piperidine rings is 1. The molecule has 0 aliphatic carbocycles. The molecule has 0 radical (unpaired) electrons. The summed E-state index contributed by atoms with van der Waals surface area (Å²) in [5.41, 5.74) is 3.56. The zero-order valence-corrected chi connectivity index (χ0v) is 42.5. The molecule has 0 saturated carbocycles. The average Bonchev–Trinajstić information content (AvgIpc) is 3.38. The molecule has 17 heteroatoms. The molecule has 386 valence electrons. The summed E-state index contributed by atoms with van der Waals surface area (Å²) >= 11 is 1.53. The van der Waals surface area contributed by atoms with Gasteiger partial charge in [0.15, 0.2) is 0 Å². The lowest BCUT2D eigenvalue weighted by Crippen LogP contribution is -2.29. The van der Waals surface area contributed by atoms with Gasteiger partial charge in [0.25, 0.3) is 17.7 Å². The summed E-state index contributed by atoms with van der Waals surface area (Å²) in [5, 5.41) is 8.66. The number of hydrogen-bond acceptors (Lipinski definition) is 11. The molecule has 2 heterocycles. The van der Waals surface area contributed by atoms with E-state index in [0.717, 1.165) is 60.6 Å². The first-order valence-corrected chi connectivity index (χ1v) is 25.3. The van der Waals surface area contributed by atoms with Crippen LogP contribution in [0.25, 0.3) is 11.3 Å². The monoisotopic (exact) mass is 1010 g/mol. The number of rotatable bonds is 23. The molecular formula is C55H66F3N5O8S. The zero-order valence-electron chi connectivity index (χ0n) is 41.7. The van der Waals surface area contributed by atoms with Crippen molar-refractivity contribution >= 4 is 46.8 Å². The Hall–Kier alpha value is -6.27. The van der Waals surface area contributed by atoms with Crippen LogP contribution < -0.4 is 20.9 Å². The third kappa shape index (κ3) is 19.1. The second-order valence-corrected chi connectivity index (χ2v) is 18.5. The summed E-state index contributed by atoms with van der Waals surface area (Å²) in [6.45, 7) is 13.4. The number of amides is 3. The van der Waals surface area contributed by atoms with Gasteiger partial charge in [0.1, 0.15) is 5.60 Å². The van der Waals surface area contributed by atoms with E-state index in [0.29, 0.717) is 79.0 Å². The molecule has 1 aliphatic heterocycles. The van der Waals surface area contributed by atoms with Crippen LogP contribution in [0.1, 0.15) is 108 Å². The number of pyridine rings is 1. The highest BCUT2D eigenvalue weighted by Gasteiger charge is 2.30. The van der Waals surface area contributed by atoms with Gasteiger partial charge < -0.3 is 39.8 Å². The van der Waals surface area contributed by atoms with Crippen molar-refractivity contribution < 1.29 is 51.3 Å². The number of esters is 1. The van der Waals surface area contributed by atoms with E-state index in [1.54, 1.807) is 18.2 Å². The molecule has 1 saturated heterocycles. The summed E-state index contributed by atoms with van der Waals surface area (Å²) < 4.78 is 61.6. The molecule has 0 unspecified atom stereocenters. The first-order valence-electron chi connectivity index (χ1n) is 24.3. The van der Waals surface area contributed by atoms with Crippen molar-refractivity contribution in [2.45, 2.75) is 89.3 Å². The number of alkyl halides is 3. The lowest BCUT2D eigenvalue weighted by atomic mass is 10.0. The molecule has 3 N–H and O–H groups in total. The van der Waals surface area contributed by atoms with Crippen LogP contribution in [0.15, 0.2) is 114 Å². The molecule has 0 spiro atoms. The molecule has 4 aromatic carbocycles. The van der Waals surface area contributed by atoms with Gasteiger partial charge in [-0.3, -0.25) is 24.2 Å². The molecule has 13 nitrogen and oxygen atoms in total. The van der Waals surface area contributed by atoms with Crippen LogP contribution in [-0.4, -0.2) is 93.6 Å². The molecule has 1 aliphatic rings. The molecule has 72 heavy (non-hydrogen) atoms. The minimum absolute atomic E-state index is 0.107. The van der Waals surface area contributed by atoms with Gasteiger partial charge in [-0.25, -0.2) is 0 Å². The standard InChI is InChI=1S/C53H60F3N5O8S.C2H6/c1-52(2,3)69-48(62)19-24-66-26-28-68-29-27-67-25-21-58-49(63)40-13-9-15-44(32-40)70-36-38-11-7-12-39(30-38)51(65)60-46-17-16-43(61-22-5-4-6-23-61)34-45(46)47-33-41(18-20-57-47)50(64)59-35-37-10-8-14-42(31-37)53(54,55)56;1-2/h7-18,20,30-34H,4-6,19,21-29,35-36H2,1-3H3,(H,58,63)(H,59,64)(H,60,65);1-2H3. The van der Waals surface area contributed by atoms with Crippen molar-refractivity contribution in [1.82, 2.24) is 15.6 Å². The Morgan fingerprint density at radius 1 is 0.667 bits per heavy atom. The van der Waals surface area contributed by atoms with Crippen LogP contribution in [0.5, 0.6) is 0 Å². The van der Waals surface area contributed by atoms with Gasteiger partial charge in [0.05, 0.1) is 63.0 Å². The number of hydrogen-bond donors (Lipinski definition) is 3. The normalized spacial score (nSPS) is 12.6. The van der Waals surface area contributed by atoms with Gasteiger partial charge in [-0.1, -0.05) is 44.2 Å². The van der Waals surface area contributed by atoms with E-state index in [1.165, 1.54) is 36.2 Å². The Kier molecular flexibility index (Phi) is 22.6. The van der Waals surface area contributed by atoms with Gasteiger partial charge in [-0.05, 0) is 124 Å². The molecule has 0 atom stereocenters. The first kappa shape index (κ1) is 56.6.